The molecule has 1 heterocycles. The molecular weight excluding hydrogens is 377 g/mol. The fourth-order valence-corrected chi connectivity index (χ4v) is 3.11. The van der Waals surface area contributed by atoms with E-state index in [2.05, 4.69) is 10.2 Å². The highest BCUT2D eigenvalue weighted by Crippen LogP contribution is 2.19. The maximum atomic E-state index is 12.1. The number of halogens is 3. The first kappa shape index (κ1) is 22.4. The number of aliphatic hydroxyl groups excluding tert-OH is 1. The van der Waals surface area contributed by atoms with Gasteiger partial charge in [0, 0.05) is 13.1 Å². The van der Waals surface area contributed by atoms with Crippen molar-refractivity contribution < 1.29 is 32.5 Å². The Morgan fingerprint density at radius 3 is 2.50 bits per heavy atom. The SMILES string of the molecule is COC(=O)C1CCN(C[C@@H](O)COc2ccc(CNCC(F)(F)F)cc2)CC1. The first-order valence-corrected chi connectivity index (χ1v) is 9.24. The average molecular weight is 404 g/mol. The van der Waals surface area contributed by atoms with Crippen LogP contribution in [0.5, 0.6) is 5.75 Å². The summed E-state index contributed by atoms with van der Waals surface area (Å²) in [6, 6.07) is 6.70. The van der Waals surface area contributed by atoms with Crippen molar-refractivity contribution in [2.45, 2.75) is 31.7 Å². The lowest BCUT2D eigenvalue weighted by molar-refractivity contribution is -0.147. The molecule has 1 saturated heterocycles. The Balaban J connectivity index is 1.66. The molecular formula is C19H27F3N2O4. The fourth-order valence-electron chi connectivity index (χ4n) is 3.11. The van der Waals surface area contributed by atoms with Crippen LogP contribution >= 0.6 is 0 Å². The predicted octanol–water partition coefficient (Wildman–Crippen LogP) is 1.96. The summed E-state index contributed by atoms with van der Waals surface area (Å²) in [5.41, 5.74) is 0.714. The molecule has 0 saturated carbocycles. The number of methoxy groups -OCH3 is 1. The van der Waals surface area contributed by atoms with Crippen molar-refractivity contribution in [2.24, 2.45) is 5.92 Å². The summed E-state index contributed by atoms with van der Waals surface area (Å²) in [6.07, 6.45) is -3.48. The zero-order valence-electron chi connectivity index (χ0n) is 15.9. The third-order valence-corrected chi connectivity index (χ3v) is 4.61. The van der Waals surface area contributed by atoms with E-state index in [1.165, 1.54) is 7.11 Å². The largest absolute Gasteiger partial charge is 0.491 e. The Labute approximate surface area is 162 Å². The van der Waals surface area contributed by atoms with Gasteiger partial charge in [-0.05, 0) is 43.6 Å². The third kappa shape index (κ3) is 8.04. The van der Waals surface area contributed by atoms with Crippen LogP contribution < -0.4 is 10.1 Å². The number of ether oxygens (including phenoxy) is 2. The minimum Gasteiger partial charge on any atom is -0.491 e. The van der Waals surface area contributed by atoms with E-state index in [0.717, 1.165) is 13.1 Å². The zero-order chi connectivity index (χ0) is 20.6. The van der Waals surface area contributed by atoms with Crippen molar-refractivity contribution in [3.05, 3.63) is 29.8 Å². The highest BCUT2D eigenvalue weighted by molar-refractivity contribution is 5.72. The summed E-state index contributed by atoms with van der Waals surface area (Å²) in [6.45, 7) is 1.08. The highest BCUT2D eigenvalue weighted by atomic mass is 19.4. The fraction of sp³-hybridized carbons (Fsp3) is 0.632. The molecule has 6 nitrogen and oxygen atoms in total. The molecule has 0 bridgehead atoms. The normalized spacial score (nSPS) is 17.3. The van der Waals surface area contributed by atoms with E-state index >= 15 is 0 Å². The molecule has 28 heavy (non-hydrogen) atoms. The maximum absolute atomic E-state index is 12.1. The number of hydrogen-bond acceptors (Lipinski definition) is 6. The Morgan fingerprint density at radius 1 is 1.29 bits per heavy atom. The molecule has 0 aromatic heterocycles. The van der Waals surface area contributed by atoms with Crippen molar-refractivity contribution in [3.8, 4) is 5.75 Å². The number of likely N-dealkylation sites (tertiary alicyclic amines) is 1. The molecule has 1 atom stereocenters. The molecule has 1 aliphatic heterocycles. The van der Waals surface area contributed by atoms with E-state index in [1.807, 2.05) is 0 Å². The van der Waals surface area contributed by atoms with Gasteiger partial charge in [-0.25, -0.2) is 0 Å². The first-order chi connectivity index (χ1) is 13.3. The number of aliphatic hydroxyl groups is 1. The Morgan fingerprint density at radius 2 is 1.93 bits per heavy atom. The van der Waals surface area contributed by atoms with Gasteiger partial charge in [-0.15, -0.1) is 0 Å². The zero-order valence-corrected chi connectivity index (χ0v) is 15.9. The van der Waals surface area contributed by atoms with Gasteiger partial charge in [0.2, 0.25) is 0 Å². The van der Waals surface area contributed by atoms with E-state index in [9.17, 15) is 23.1 Å². The van der Waals surface area contributed by atoms with Crippen LogP contribution in [-0.2, 0) is 16.1 Å². The van der Waals surface area contributed by atoms with Crippen molar-refractivity contribution in [3.63, 3.8) is 0 Å². The number of nitrogens with zero attached hydrogens (tertiary/aromatic N) is 1. The third-order valence-electron chi connectivity index (χ3n) is 4.61. The second kappa shape index (κ2) is 10.6. The molecule has 1 aromatic carbocycles. The standard InChI is InChI=1S/C19H27F3N2O4/c1-27-18(26)15-6-8-24(9-7-15)11-16(25)12-28-17-4-2-14(3-5-17)10-23-13-19(20,21)22/h2-5,15-16,23,25H,6-13H2,1H3/t16-/m1/s1. The molecule has 2 N–H and O–H groups in total. The minimum absolute atomic E-state index is 0.0706. The molecule has 2 rings (SSSR count). The Bertz CT molecular complexity index is 602. The monoisotopic (exact) mass is 404 g/mol. The lowest BCUT2D eigenvalue weighted by Gasteiger charge is -2.31. The summed E-state index contributed by atoms with van der Waals surface area (Å²) in [5, 5.41) is 12.5. The number of piperidine rings is 1. The number of rotatable bonds is 9. The molecule has 0 aliphatic carbocycles. The Kier molecular flexibility index (Phi) is 8.53. The van der Waals surface area contributed by atoms with E-state index in [0.29, 0.717) is 30.7 Å². The van der Waals surface area contributed by atoms with Gasteiger partial charge in [0.25, 0.3) is 0 Å². The summed E-state index contributed by atoms with van der Waals surface area (Å²) >= 11 is 0. The summed E-state index contributed by atoms with van der Waals surface area (Å²) in [5.74, 6) is 0.294. The number of alkyl halides is 3. The topological polar surface area (TPSA) is 71.0 Å². The number of carbonyl (C=O) groups is 1. The van der Waals surface area contributed by atoms with E-state index in [-0.39, 0.29) is 25.0 Å². The van der Waals surface area contributed by atoms with Crippen molar-refractivity contribution in [2.75, 3.05) is 39.9 Å². The van der Waals surface area contributed by atoms with Crippen molar-refractivity contribution in [1.29, 1.82) is 0 Å². The molecule has 1 aromatic rings. The van der Waals surface area contributed by atoms with Gasteiger partial charge in [0.1, 0.15) is 18.5 Å². The van der Waals surface area contributed by atoms with E-state index in [1.54, 1.807) is 24.3 Å². The van der Waals surface area contributed by atoms with Crippen LogP contribution in [0.15, 0.2) is 24.3 Å². The lowest BCUT2D eigenvalue weighted by Crippen LogP contribution is -2.42. The van der Waals surface area contributed by atoms with Crippen LogP contribution in [0.2, 0.25) is 0 Å². The molecule has 0 spiro atoms. The smallest absolute Gasteiger partial charge is 0.401 e. The van der Waals surface area contributed by atoms with Gasteiger partial charge >= 0.3 is 12.1 Å². The van der Waals surface area contributed by atoms with Gasteiger partial charge in [-0.2, -0.15) is 13.2 Å². The van der Waals surface area contributed by atoms with Crippen LogP contribution in [0.1, 0.15) is 18.4 Å². The number of esters is 1. The number of β-amino-alcohol motifs (C(OH)–C–C–N with tert-alkyl or cyclic N) is 1. The van der Waals surface area contributed by atoms with Gasteiger partial charge in [-0.3, -0.25) is 4.79 Å². The van der Waals surface area contributed by atoms with Crippen LogP contribution in [0.25, 0.3) is 0 Å². The molecule has 9 heteroatoms. The first-order valence-electron chi connectivity index (χ1n) is 9.24. The number of hydrogen-bond donors (Lipinski definition) is 2. The van der Waals surface area contributed by atoms with Gasteiger partial charge in [-0.1, -0.05) is 12.1 Å². The number of benzene rings is 1. The summed E-state index contributed by atoms with van der Waals surface area (Å²) < 4.78 is 46.6. The van der Waals surface area contributed by atoms with Crippen molar-refractivity contribution >= 4 is 5.97 Å². The van der Waals surface area contributed by atoms with Crippen molar-refractivity contribution in [1.82, 2.24) is 10.2 Å². The van der Waals surface area contributed by atoms with Gasteiger partial charge < -0.3 is 24.8 Å². The maximum Gasteiger partial charge on any atom is 0.401 e. The molecule has 0 unspecified atom stereocenters. The van der Waals surface area contributed by atoms with Gasteiger partial charge in [0.05, 0.1) is 19.6 Å². The molecule has 1 fully saturated rings. The predicted molar refractivity (Wildman–Crippen MR) is 96.9 cm³/mol. The van der Waals surface area contributed by atoms with Crippen LogP contribution in [0, 0.1) is 5.92 Å². The summed E-state index contributed by atoms with van der Waals surface area (Å²) in [4.78, 5) is 13.6. The molecule has 0 radical (unpaired) electrons. The number of nitrogens with one attached hydrogen (secondary N) is 1. The van der Waals surface area contributed by atoms with E-state index in [4.69, 9.17) is 9.47 Å². The van der Waals surface area contributed by atoms with E-state index < -0.39 is 18.8 Å². The molecule has 0 amide bonds. The lowest BCUT2D eigenvalue weighted by atomic mass is 9.97. The van der Waals surface area contributed by atoms with Crippen LogP contribution in [0.4, 0.5) is 13.2 Å². The molecule has 158 valence electrons. The average Bonchev–Trinajstić information content (AvgIpc) is 2.66. The number of carbonyl (C=O) groups excluding carboxylic acids is 1. The second-order valence-corrected chi connectivity index (χ2v) is 6.93. The molecule has 1 aliphatic rings. The van der Waals surface area contributed by atoms with Crippen LogP contribution in [-0.4, -0.2) is 68.2 Å². The van der Waals surface area contributed by atoms with Crippen LogP contribution in [0.3, 0.4) is 0 Å². The minimum atomic E-state index is -4.23. The van der Waals surface area contributed by atoms with Gasteiger partial charge in [0.15, 0.2) is 0 Å². The summed E-state index contributed by atoms with van der Waals surface area (Å²) in [7, 11) is 1.39. The second-order valence-electron chi connectivity index (χ2n) is 6.93. The Hall–Kier alpha value is -1.84. The highest BCUT2D eigenvalue weighted by Gasteiger charge is 2.27. The quantitative estimate of drug-likeness (QED) is 0.614.